The van der Waals surface area contributed by atoms with Gasteiger partial charge >= 0.3 is 0 Å². The molecule has 0 aliphatic carbocycles. The van der Waals surface area contributed by atoms with Gasteiger partial charge in [0.2, 0.25) is 11.8 Å². The molecule has 0 saturated heterocycles. The van der Waals surface area contributed by atoms with Crippen LogP contribution in [0.3, 0.4) is 0 Å². The number of hydrogen-bond acceptors (Lipinski definition) is 7. The van der Waals surface area contributed by atoms with Gasteiger partial charge in [-0.1, -0.05) is 18.7 Å². The number of hydrogen-bond donors (Lipinski definition) is 2. The van der Waals surface area contributed by atoms with Crippen molar-refractivity contribution in [2.24, 2.45) is 0 Å². The summed E-state index contributed by atoms with van der Waals surface area (Å²) in [6.07, 6.45) is 3.78. The Morgan fingerprint density at radius 2 is 1.77 bits per heavy atom. The first kappa shape index (κ1) is 19.9. The van der Waals surface area contributed by atoms with E-state index >= 15 is 0 Å². The number of sulfonamides is 1. The average Bonchev–Trinajstić information content (AvgIpc) is 2.60. The number of carbonyl (C=O) groups is 2. The minimum absolute atomic E-state index is 0.0650. The van der Waals surface area contributed by atoms with Crippen molar-refractivity contribution in [3.8, 4) is 0 Å². The summed E-state index contributed by atoms with van der Waals surface area (Å²) in [5.41, 5.74) is 0.449. The number of aromatic nitrogens is 2. The van der Waals surface area contributed by atoms with Gasteiger partial charge in [-0.3, -0.25) is 9.59 Å². The molecule has 138 valence electrons. The number of amides is 2. The van der Waals surface area contributed by atoms with Crippen molar-refractivity contribution >= 4 is 39.3 Å². The van der Waals surface area contributed by atoms with Crippen molar-refractivity contribution < 1.29 is 18.0 Å². The molecule has 0 spiro atoms. The van der Waals surface area contributed by atoms with Crippen molar-refractivity contribution in [3.05, 3.63) is 42.7 Å². The number of benzene rings is 1. The molecule has 1 heterocycles. The normalized spacial score (nSPS) is 12.2. The molecule has 0 fully saturated rings. The quantitative estimate of drug-likeness (QED) is 0.543. The second kappa shape index (κ2) is 8.77. The first-order valence-corrected chi connectivity index (χ1v) is 10.1. The zero-order chi connectivity index (χ0) is 19.2. The zero-order valence-corrected chi connectivity index (χ0v) is 15.8. The average molecular weight is 394 g/mol. The molecule has 8 nitrogen and oxygen atoms in total. The third-order valence-electron chi connectivity index (χ3n) is 3.16. The molecule has 2 N–H and O–H groups in total. The second-order valence-corrected chi connectivity index (χ2v) is 8.07. The standard InChI is InChI=1S/C16H18N4O4S2/c1-3-14(25-16-17-9-4-10-18-16)15(22)19-12-5-7-13(8-6-12)26(23,24)20-11(2)21/h4-10,14H,3H2,1-2H3,(H,19,22)(H,20,21). The van der Waals surface area contributed by atoms with Crippen molar-refractivity contribution in [3.63, 3.8) is 0 Å². The minimum Gasteiger partial charge on any atom is -0.325 e. The van der Waals surface area contributed by atoms with Crippen LogP contribution in [0.5, 0.6) is 0 Å². The summed E-state index contributed by atoms with van der Waals surface area (Å²) in [7, 11) is -3.90. The first-order chi connectivity index (χ1) is 12.3. The Labute approximate surface area is 155 Å². The van der Waals surface area contributed by atoms with E-state index in [0.29, 0.717) is 17.3 Å². The van der Waals surface area contributed by atoms with Gasteiger partial charge in [-0.25, -0.2) is 23.1 Å². The van der Waals surface area contributed by atoms with E-state index in [-0.39, 0.29) is 16.1 Å². The van der Waals surface area contributed by atoms with Gasteiger partial charge in [0.25, 0.3) is 10.0 Å². The summed E-state index contributed by atoms with van der Waals surface area (Å²) in [5.74, 6) is -0.907. The van der Waals surface area contributed by atoms with E-state index in [0.717, 1.165) is 6.92 Å². The second-order valence-electron chi connectivity index (χ2n) is 5.22. The van der Waals surface area contributed by atoms with E-state index in [1.165, 1.54) is 36.0 Å². The summed E-state index contributed by atoms with van der Waals surface area (Å²) >= 11 is 1.25. The minimum atomic E-state index is -3.90. The van der Waals surface area contributed by atoms with Crippen molar-refractivity contribution in [2.45, 2.75) is 35.6 Å². The Hall–Kier alpha value is -2.46. The topological polar surface area (TPSA) is 118 Å². The lowest BCUT2D eigenvalue weighted by molar-refractivity contribution is -0.117. The number of nitrogens with one attached hydrogen (secondary N) is 2. The fourth-order valence-corrected chi connectivity index (χ4v) is 3.81. The van der Waals surface area contributed by atoms with Gasteiger partial charge in [-0.2, -0.15) is 0 Å². The highest BCUT2D eigenvalue weighted by atomic mass is 32.2. The Bertz CT molecular complexity index is 871. The summed E-state index contributed by atoms with van der Waals surface area (Å²) in [6, 6.07) is 7.25. The van der Waals surface area contributed by atoms with Crippen LogP contribution in [0.15, 0.2) is 52.8 Å². The highest BCUT2D eigenvalue weighted by Crippen LogP contribution is 2.23. The predicted molar refractivity (Wildman–Crippen MR) is 98.0 cm³/mol. The summed E-state index contributed by atoms with van der Waals surface area (Å²) in [6.45, 7) is 2.99. The van der Waals surface area contributed by atoms with E-state index in [9.17, 15) is 18.0 Å². The van der Waals surface area contributed by atoms with E-state index in [1.807, 2.05) is 11.6 Å². The van der Waals surface area contributed by atoms with Crippen LogP contribution in [0.4, 0.5) is 5.69 Å². The maximum atomic E-state index is 12.4. The summed E-state index contributed by atoms with van der Waals surface area (Å²) in [5, 5.41) is 2.85. The van der Waals surface area contributed by atoms with E-state index in [4.69, 9.17) is 0 Å². The van der Waals surface area contributed by atoms with E-state index in [2.05, 4.69) is 15.3 Å². The van der Waals surface area contributed by atoms with Gasteiger partial charge in [0.1, 0.15) is 0 Å². The van der Waals surface area contributed by atoms with Crippen LogP contribution in [0.2, 0.25) is 0 Å². The molecule has 0 saturated carbocycles. The number of rotatable bonds is 7. The van der Waals surface area contributed by atoms with Crippen LogP contribution in [0, 0.1) is 0 Å². The smallest absolute Gasteiger partial charge is 0.264 e. The molecule has 1 atom stereocenters. The highest BCUT2D eigenvalue weighted by molar-refractivity contribution is 8.00. The SMILES string of the molecule is CCC(Sc1ncccn1)C(=O)Nc1ccc(S(=O)(=O)NC(C)=O)cc1. The van der Waals surface area contributed by atoms with Crippen LogP contribution in [-0.4, -0.2) is 35.5 Å². The molecule has 1 unspecified atom stereocenters. The maximum Gasteiger partial charge on any atom is 0.264 e. The third-order valence-corrected chi connectivity index (χ3v) is 5.87. The van der Waals surface area contributed by atoms with Gasteiger partial charge in [0.05, 0.1) is 10.1 Å². The lowest BCUT2D eigenvalue weighted by Crippen LogP contribution is -2.28. The van der Waals surface area contributed by atoms with Gasteiger partial charge in [-0.15, -0.1) is 0 Å². The lowest BCUT2D eigenvalue weighted by Gasteiger charge is -2.14. The van der Waals surface area contributed by atoms with Gasteiger partial charge < -0.3 is 5.32 Å². The van der Waals surface area contributed by atoms with Crippen LogP contribution < -0.4 is 10.0 Å². The molecule has 1 aromatic carbocycles. The van der Waals surface area contributed by atoms with E-state index < -0.39 is 15.9 Å². The number of nitrogens with zero attached hydrogens (tertiary/aromatic N) is 2. The van der Waals surface area contributed by atoms with Crippen molar-refractivity contribution in [2.75, 3.05) is 5.32 Å². The molecule has 26 heavy (non-hydrogen) atoms. The van der Waals surface area contributed by atoms with Gasteiger partial charge in [0.15, 0.2) is 5.16 Å². The molecule has 0 radical (unpaired) electrons. The Morgan fingerprint density at radius 1 is 1.15 bits per heavy atom. The zero-order valence-electron chi connectivity index (χ0n) is 14.2. The Morgan fingerprint density at radius 3 is 2.31 bits per heavy atom. The molecular formula is C16H18N4O4S2. The molecule has 0 bridgehead atoms. The van der Waals surface area contributed by atoms with Crippen molar-refractivity contribution in [1.29, 1.82) is 0 Å². The van der Waals surface area contributed by atoms with Gasteiger partial charge in [0, 0.05) is 25.0 Å². The van der Waals surface area contributed by atoms with Crippen LogP contribution in [0.25, 0.3) is 0 Å². The number of carbonyl (C=O) groups excluding carboxylic acids is 2. The molecule has 2 aromatic rings. The summed E-state index contributed by atoms with van der Waals surface area (Å²) in [4.78, 5) is 31.5. The van der Waals surface area contributed by atoms with E-state index in [1.54, 1.807) is 18.5 Å². The lowest BCUT2D eigenvalue weighted by atomic mass is 10.3. The monoisotopic (exact) mass is 394 g/mol. The molecule has 0 aliphatic rings. The van der Waals surface area contributed by atoms with Crippen LogP contribution in [-0.2, 0) is 19.6 Å². The predicted octanol–water partition coefficient (Wildman–Crippen LogP) is 1.81. The Kier molecular flexibility index (Phi) is 6.70. The molecule has 1 aromatic heterocycles. The van der Waals surface area contributed by atoms with Crippen LogP contribution >= 0.6 is 11.8 Å². The number of anilines is 1. The first-order valence-electron chi connectivity index (χ1n) is 7.70. The summed E-state index contributed by atoms with van der Waals surface area (Å²) < 4.78 is 25.7. The highest BCUT2D eigenvalue weighted by Gasteiger charge is 2.20. The molecule has 0 aliphatic heterocycles. The molecule has 10 heteroatoms. The third kappa shape index (κ3) is 5.53. The largest absolute Gasteiger partial charge is 0.325 e. The fourth-order valence-electron chi connectivity index (χ4n) is 1.98. The number of thioether (sulfide) groups is 1. The fraction of sp³-hybridized carbons (Fsp3) is 0.250. The van der Waals surface area contributed by atoms with Gasteiger partial charge in [-0.05, 0) is 36.8 Å². The molecule has 2 rings (SSSR count). The molecular weight excluding hydrogens is 376 g/mol. The van der Waals surface area contributed by atoms with Crippen molar-refractivity contribution in [1.82, 2.24) is 14.7 Å². The Balaban J connectivity index is 2.05. The maximum absolute atomic E-state index is 12.4. The molecule has 2 amide bonds. The van der Waals surface area contributed by atoms with Crippen LogP contribution in [0.1, 0.15) is 20.3 Å².